The van der Waals surface area contributed by atoms with Gasteiger partial charge in [-0.15, -0.1) is 0 Å². The van der Waals surface area contributed by atoms with Gasteiger partial charge in [0.2, 0.25) is 0 Å². The van der Waals surface area contributed by atoms with Crippen LogP contribution in [0.1, 0.15) is 12.5 Å². The number of nitrogens with zero attached hydrogens (tertiary/aromatic N) is 2. The number of ether oxygens (including phenoxy) is 1. The van der Waals surface area contributed by atoms with Gasteiger partial charge in [-0.25, -0.2) is 4.79 Å². The molecule has 1 atom stereocenters. The van der Waals surface area contributed by atoms with E-state index in [1.807, 2.05) is 22.8 Å². The van der Waals surface area contributed by atoms with Gasteiger partial charge in [-0.05, 0) is 24.6 Å². The van der Waals surface area contributed by atoms with Gasteiger partial charge in [0, 0.05) is 16.5 Å². The van der Waals surface area contributed by atoms with Crippen molar-refractivity contribution in [3.8, 4) is 0 Å². The summed E-state index contributed by atoms with van der Waals surface area (Å²) < 4.78 is 8.21. The van der Waals surface area contributed by atoms with Crippen molar-refractivity contribution in [1.29, 1.82) is 0 Å². The van der Waals surface area contributed by atoms with Crippen LogP contribution >= 0.6 is 15.9 Å². The Morgan fingerprint density at radius 3 is 3.15 bits per heavy atom. The molecule has 0 spiro atoms. The summed E-state index contributed by atoms with van der Waals surface area (Å²) in [6.07, 6.45) is 2.59. The molecule has 3 aromatic rings. The number of hydrogen-bond acceptors (Lipinski definition) is 3. The molecule has 4 rings (SSSR count). The first kappa shape index (κ1) is 12.1. The smallest absolute Gasteiger partial charge is 0.326 e. The van der Waals surface area contributed by atoms with Gasteiger partial charge >= 0.3 is 5.69 Å². The molecule has 3 heterocycles. The third-order valence-corrected chi connectivity index (χ3v) is 4.27. The van der Waals surface area contributed by atoms with Crippen LogP contribution in [0.4, 0.5) is 0 Å². The molecule has 5 nitrogen and oxygen atoms in total. The van der Waals surface area contributed by atoms with Gasteiger partial charge in [0.25, 0.3) is 0 Å². The predicted octanol–water partition coefficient (Wildman–Crippen LogP) is 2.60. The van der Waals surface area contributed by atoms with Crippen LogP contribution in [0.2, 0.25) is 0 Å². The number of benzene rings is 1. The first-order chi connectivity index (χ1) is 9.74. The molecule has 0 aliphatic carbocycles. The summed E-state index contributed by atoms with van der Waals surface area (Å²) in [6.45, 7) is 1.29. The zero-order chi connectivity index (χ0) is 13.7. The number of rotatable bonds is 1. The van der Waals surface area contributed by atoms with Crippen molar-refractivity contribution >= 4 is 37.9 Å². The molecule has 1 saturated heterocycles. The standard InChI is InChI=1S/C14H12BrN3O2/c15-8-1-2-11-10(5-8)13-12(6-16-11)17-14(19)18(13)9-3-4-20-7-9/h1-2,5-6,9H,3-4,7H2,(H,17,19). The summed E-state index contributed by atoms with van der Waals surface area (Å²) in [5, 5.41) is 0.974. The molecule has 1 fully saturated rings. The topological polar surface area (TPSA) is 59.9 Å². The fourth-order valence-corrected chi connectivity index (χ4v) is 3.21. The van der Waals surface area contributed by atoms with Crippen molar-refractivity contribution < 1.29 is 4.74 Å². The van der Waals surface area contributed by atoms with E-state index in [2.05, 4.69) is 25.9 Å². The Bertz CT molecular complexity index is 862. The van der Waals surface area contributed by atoms with E-state index in [0.29, 0.717) is 13.2 Å². The van der Waals surface area contributed by atoms with E-state index >= 15 is 0 Å². The number of fused-ring (bicyclic) bond motifs is 3. The van der Waals surface area contributed by atoms with Gasteiger partial charge in [-0.3, -0.25) is 9.55 Å². The maximum Gasteiger partial charge on any atom is 0.326 e. The Morgan fingerprint density at radius 2 is 2.35 bits per heavy atom. The van der Waals surface area contributed by atoms with Crippen LogP contribution < -0.4 is 5.69 Å². The van der Waals surface area contributed by atoms with Crippen molar-refractivity contribution in [1.82, 2.24) is 14.5 Å². The lowest BCUT2D eigenvalue weighted by atomic mass is 10.1. The second kappa shape index (κ2) is 4.43. The molecule has 0 saturated carbocycles. The Kier molecular flexibility index (Phi) is 2.68. The highest BCUT2D eigenvalue weighted by Gasteiger charge is 2.23. The summed E-state index contributed by atoms with van der Waals surface area (Å²) in [6, 6.07) is 6.01. The van der Waals surface area contributed by atoms with Gasteiger partial charge in [-0.1, -0.05) is 15.9 Å². The van der Waals surface area contributed by atoms with Crippen LogP contribution in [0.3, 0.4) is 0 Å². The lowest BCUT2D eigenvalue weighted by Gasteiger charge is -2.11. The van der Waals surface area contributed by atoms with Gasteiger partial charge in [-0.2, -0.15) is 0 Å². The van der Waals surface area contributed by atoms with Crippen molar-refractivity contribution in [2.75, 3.05) is 13.2 Å². The summed E-state index contributed by atoms with van der Waals surface area (Å²) in [5.41, 5.74) is 2.47. The molecule has 1 unspecified atom stereocenters. The van der Waals surface area contributed by atoms with E-state index in [4.69, 9.17) is 4.74 Å². The average Bonchev–Trinajstić information content (AvgIpc) is 3.04. The van der Waals surface area contributed by atoms with Crippen molar-refractivity contribution in [3.05, 3.63) is 39.4 Å². The molecular formula is C14H12BrN3O2. The van der Waals surface area contributed by atoms with E-state index in [9.17, 15) is 4.79 Å². The maximum atomic E-state index is 12.3. The lowest BCUT2D eigenvalue weighted by Crippen LogP contribution is -2.22. The van der Waals surface area contributed by atoms with E-state index in [1.165, 1.54) is 0 Å². The Morgan fingerprint density at radius 1 is 1.45 bits per heavy atom. The van der Waals surface area contributed by atoms with Crippen LogP contribution in [-0.4, -0.2) is 27.7 Å². The monoisotopic (exact) mass is 333 g/mol. The molecule has 0 radical (unpaired) electrons. The van der Waals surface area contributed by atoms with Gasteiger partial charge in [0.15, 0.2) is 0 Å². The second-order valence-electron chi connectivity index (χ2n) is 5.00. The molecule has 1 aromatic carbocycles. The minimum Gasteiger partial charge on any atom is -0.379 e. The molecule has 0 bridgehead atoms. The number of pyridine rings is 1. The molecule has 102 valence electrons. The number of imidazole rings is 1. The number of H-pyrrole nitrogens is 1. The summed E-state index contributed by atoms with van der Waals surface area (Å²) in [4.78, 5) is 19.6. The largest absolute Gasteiger partial charge is 0.379 e. The third-order valence-electron chi connectivity index (χ3n) is 3.77. The van der Waals surface area contributed by atoms with Gasteiger partial charge in [0.05, 0.1) is 35.4 Å². The van der Waals surface area contributed by atoms with Crippen LogP contribution in [-0.2, 0) is 4.74 Å². The second-order valence-corrected chi connectivity index (χ2v) is 5.92. The number of aromatic amines is 1. The minimum atomic E-state index is -0.0928. The normalized spacial score (nSPS) is 19.1. The van der Waals surface area contributed by atoms with Crippen LogP contribution in [0.25, 0.3) is 21.9 Å². The Balaban J connectivity index is 2.13. The SMILES string of the molecule is O=c1[nH]c2cnc3ccc(Br)cc3c2n1C1CCOC1. The zero-order valence-corrected chi connectivity index (χ0v) is 12.2. The molecule has 20 heavy (non-hydrogen) atoms. The number of nitrogens with one attached hydrogen (secondary N) is 1. The quantitative estimate of drug-likeness (QED) is 0.744. The minimum absolute atomic E-state index is 0.0928. The van der Waals surface area contributed by atoms with Crippen molar-refractivity contribution in [2.24, 2.45) is 0 Å². The fraction of sp³-hybridized carbons (Fsp3) is 0.286. The number of hydrogen-bond donors (Lipinski definition) is 1. The van der Waals surface area contributed by atoms with Crippen LogP contribution in [0.5, 0.6) is 0 Å². The van der Waals surface area contributed by atoms with Crippen LogP contribution in [0.15, 0.2) is 33.7 Å². The Labute approximate surface area is 122 Å². The molecule has 0 amide bonds. The third kappa shape index (κ3) is 1.72. The Hall–Kier alpha value is -1.66. The van der Waals surface area contributed by atoms with Gasteiger partial charge < -0.3 is 9.72 Å². The molecule has 6 heteroatoms. The summed E-state index contributed by atoms with van der Waals surface area (Å²) >= 11 is 3.48. The van der Waals surface area contributed by atoms with Crippen molar-refractivity contribution in [3.63, 3.8) is 0 Å². The first-order valence-electron chi connectivity index (χ1n) is 6.50. The van der Waals surface area contributed by atoms with E-state index in [0.717, 1.165) is 32.8 Å². The summed E-state index contributed by atoms with van der Waals surface area (Å²) in [7, 11) is 0. The molecule has 1 aliphatic rings. The highest BCUT2D eigenvalue weighted by molar-refractivity contribution is 9.10. The number of halogens is 1. The zero-order valence-electron chi connectivity index (χ0n) is 10.6. The molecular weight excluding hydrogens is 322 g/mol. The number of aromatic nitrogens is 3. The fourth-order valence-electron chi connectivity index (χ4n) is 2.85. The highest BCUT2D eigenvalue weighted by Crippen LogP contribution is 2.28. The van der Waals surface area contributed by atoms with Crippen molar-refractivity contribution in [2.45, 2.75) is 12.5 Å². The lowest BCUT2D eigenvalue weighted by molar-refractivity contribution is 0.186. The average molecular weight is 334 g/mol. The van der Waals surface area contributed by atoms with Gasteiger partial charge in [0.1, 0.15) is 0 Å². The maximum absolute atomic E-state index is 12.3. The molecule has 1 aliphatic heterocycles. The van der Waals surface area contributed by atoms with E-state index in [-0.39, 0.29) is 11.7 Å². The van der Waals surface area contributed by atoms with E-state index < -0.39 is 0 Å². The van der Waals surface area contributed by atoms with E-state index in [1.54, 1.807) is 6.20 Å². The molecule has 2 aromatic heterocycles. The first-order valence-corrected chi connectivity index (χ1v) is 7.29. The van der Waals surface area contributed by atoms with Crippen LogP contribution in [0, 0.1) is 0 Å². The highest BCUT2D eigenvalue weighted by atomic mass is 79.9. The summed E-state index contributed by atoms with van der Waals surface area (Å²) in [5.74, 6) is 0. The predicted molar refractivity (Wildman–Crippen MR) is 80.0 cm³/mol. The molecule has 1 N–H and O–H groups in total.